The largest absolute Gasteiger partial charge is 0.330 e. The molecule has 1 aliphatic carbocycles. The van der Waals surface area contributed by atoms with Crippen LogP contribution in [0.3, 0.4) is 0 Å². The smallest absolute Gasteiger partial charge is 0.00366 e. The van der Waals surface area contributed by atoms with Gasteiger partial charge in [-0.05, 0) is 67.8 Å². The van der Waals surface area contributed by atoms with Crippen molar-refractivity contribution in [1.82, 2.24) is 0 Å². The molecule has 0 bridgehead atoms. The van der Waals surface area contributed by atoms with Crippen molar-refractivity contribution < 1.29 is 0 Å². The van der Waals surface area contributed by atoms with Crippen LogP contribution in [0.2, 0.25) is 0 Å². The molecule has 1 aliphatic rings. The fourth-order valence-electron chi connectivity index (χ4n) is 2.51. The molecule has 0 saturated heterocycles. The van der Waals surface area contributed by atoms with Gasteiger partial charge >= 0.3 is 0 Å². The maximum absolute atomic E-state index is 5.63. The summed E-state index contributed by atoms with van der Waals surface area (Å²) in [4.78, 5) is 0. The highest BCUT2D eigenvalue weighted by Gasteiger charge is 2.14. The van der Waals surface area contributed by atoms with E-state index in [9.17, 15) is 0 Å². The molecule has 76 valence electrons. The predicted octanol–water partition coefficient (Wildman–Crippen LogP) is 2.38. The van der Waals surface area contributed by atoms with Gasteiger partial charge in [0.2, 0.25) is 0 Å². The Labute approximate surface area is 86.3 Å². The minimum atomic E-state index is 0.773. The molecule has 0 heterocycles. The topological polar surface area (TPSA) is 26.0 Å². The summed E-state index contributed by atoms with van der Waals surface area (Å²) in [6.07, 6.45) is 6.31. The van der Waals surface area contributed by atoms with E-state index in [2.05, 4.69) is 19.1 Å². The van der Waals surface area contributed by atoms with Gasteiger partial charge in [-0.25, -0.2) is 0 Å². The van der Waals surface area contributed by atoms with Gasteiger partial charge in [0.1, 0.15) is 0 Å². The fraction of sp³-hybridized carbons (Fsp3) is 0.538. The van der Waals surface area contributed by atoms with Crippen molar-refractivity contribution in [2.75, 3.05) is 6.54 Å². The lowest BCUT2D eigenvalue weighted by Gasteiger charge is -2.21. The third kappa shape index (κ3) is 1.69. The highest BCUT2D eigenvalue weighted by Crippen LogP contribution is 2.27. The van der Waals surface area contributed by atoms with Gasteiger partial charge in [-0.2, -0.15) is 0 Å². The molecule has 14 heavy (non-hydrogen) atoms. The molecule has 0 radical (unpaired) electrons. The number of aryl methyl sites for hydroxylation is 1. The van der Waals surface area contributed by atoms with E-state index in [1.54, 1.807) is 11.1 Å². The van der Waals surface area contributed by atoms with Gasteiger partial charge in [-0.15, -0.1) is 0 Å². The van der Waals surface area contributed by atoms with E-state index in [0.29, 0.717) is 0 Å². The molecule has 2 N–H and O–H groups in total. The van der Waals surface area contributed by atoms with Crippen molar-refractivity contribution in [3.05, 3.63) is 34.4 Å². The molecular weight excluding hydrogens is 170 g/mol. The van der Waals surface area contributed by atoms with E-state index in [4.69, 9.17) is 5.73 Å². The van der Waals surface area contributed by atoms with Crippen molar-refractivity contribution in [3.63, 3.8) is 0 Å². The number of benzene rings is 1. The summed E-state index contributed by atoms with van der Waals surface area (Å²) in [5.41, 5.74) is 11.8. The van der Waals surface area contributed by atoms with Gasteiger partial charge in [0.05, 0.1) is 0 Å². The number of fused-ring (bicyclic) bond motifs is 1. The Morgan fingerprint density at radius 3 is 2.57 bits per heavy atom. The number of nitrogens with two attached hydrogens (primary N) is 1. The van der Waals surface area contributed by atoms with E-state index in [0.717, 1.165) is 13.0 Å². The van der Waals surface area contributed by atoms with E-state index >= 15 is 0 Å². The minimum Gasteiger partial charge on any atom is -0.330 e. The van der Waals surface area contributed by atoms with Gasteiger partial charge < -0.3 is 5.73 Å². The van der Waals surface area contributed by atoms with Crippen LogP contribution in [-0.4, -0.2) is 6.54 Å². The predicted molar refractivity (Wildman–Crippen MR) is 60.6 cm³/mol. The van der Waals surface area contributed by atoms with Crippen LogP contribution < -0.4 is 5.73 Å². The Balaban J connectivity index is 2.42. The van der Waals surface area contributed by atoms with Crippen LogP contribution in [0.4, 0.5) is 0 Å². The van der Waals surface area contributed by atoms with Gasteiger partial charge in [-0.1, -0.05) is 12.1 Å². The van der Waals surface area contributed by atoms with Crippen molar-refractivity contribution in [2.45, 2.75) is 39.0 Å². The normalized spacial score (nSPS) is 15.3. The average molecular weight is 189 g/mol. The van der Waals surface area contributed by atoms with Crippen LogP contribution in [0.25, 0.3) is 0 Å². The Kier molecular flexibility index (Phi) is 2.87. The van der Waals surface area contributed by atoms with E-state index in [1.807, 2.05) is 0 Å². The Hall–Kier alpha value is -0.820. The second-order valence-corrected chi connectivity index (χ2v) is 4.24. The summed E-state index contributed by atoms with van der Waals surface area (Å²) < 4.78 is 0. The third-order valence-electron chi connectivity index (χ3n) is 3.28. The lowest BCUT2D eigenvalue weighted by atomic mass is 9.85. The molecule has 1 heteroatoms. The fourth-order valence-corrected chi connectivity index (χ4v) is 2.51. The van der Waals surface area contributed by atoms with Crippen molar-refractivity contribution in [3.8, 4) is 0 Å². The third-order valence-corrected chi connectivity index (χ3v) is 3.28. The maximum atomic E-state index is 5.63. The van der Waals surface area contributed by atoms with Gasteiger partial charge in [0.15, 0.2) is 0 Å². The Bertz CT molecular complexity index is 328. The SMILES string of the molecule is Cc1ccc(CCN)c2c1CCCC2. The molecular formula is C13H19N. The van der Waals surface area contributed by atoms with Gasteiger partial charge in [0, 0.05) is 0 Å². The quantitative estimate of drug-likeness (QED) is 0.759. The highest BCUT2D eigenvalue weighted by atomic mass is 14.5. The summed E-state index contributed by atoms with van der Waals surface area (Å²) in [6, 6.07) is 4.53. The van der Waals surface area contributed by atoms with E-state index in [-0.39, 0.29) is 0 Å². The summed E-state index contributed by atoms with van der Waals surface area (Å²) in [6.45, 7) is 3.01. The molecule has 1 aromatic carbocycles. The second-order valence-electron chi connectivity index (χ2n) is 4.24. The van der Waals surface area contributed by atoms with Crippen LogP contribution in [0.1, 0.15) is 35.1 Å². The number of rotatable bonds is 2. The van der Waals surface area contributed by atoms with Crippen molar-refractivity contribution in [2.24, 2.45) is 5.73 Å². The Morgan fingerprint density at radius 2 is 1.86 bits per heavy atom. The Morgan fingerprint density at radius 1 is 1.14 bits per heavy atom. The second kappa shape index (κ2) is 4.14. The molecule has 1 nitrogen and oxygen atoms in total. The lowest BCUT2D eigenvalue weighted by molar-refractivity contribution is 0.674. The first kappa shape index (κ1) is 9.72. The minimum absolute atomic E-state index is 0.773. The summed E-state index contributed by atoms with van der Waals surface area (Å²) in [7, 11) is 0. The zero-order chi connectivity index (χ0) is 9.97. The highest BCUT2D eigenvalue weighted by molar-refractivity contribution is 5.42. The average Bonchev–Trinajstić information content (AvgIpc) is 2.23. The molecule has 0 saturated carbocycles. The van der Waals surface area contributed by atoms with Gasteiger partial charge in [-0.3, -0.25) is 0 Å². The maximum Gasteiger partial charge on any atom is -0.00366 e. The lowest BCUT2D eigenvalue weighted by Crippen LogP contribution is -2.11. The number of hydrogen-bond donors (Lipinski definition) is 1. The first-order valence-corrected chi connectivity index (χ1v) is 5.63. The molecule has 0 fully saturated rings. The van der Waals surface area contributed by atoms with Crippen LogP contribution >= 0.6 is 0 Å². The monoisotopic (exact) mass is 189 g/mol. The van der Waals surface area contributed by atoms with E-state index < -0.39 is 0 Å². The number of hydrogen-bond acceptors (Lipinski definition) is 1. The van der Waals surface area contributed by atoms with Crippen LogP contribution in [-0.2, 0) is 19.3 Å². The van der Waals surface area contributed by atoms with Crippen molar-refractivity contribution in [1.29, 1.82) is 0 Å². The van der Waals surface area contributed by atoms with Gasteiger partial charge in [0.25, 0.3) is 0 Å². The van der Waals surface area contributed by atoms with Crippen LogP contribution in [0.5, 0.6) is 0 Å². The summed E-state index contributed by atoms with van der Waals surface area (Å²) >= 11 is 0. The summed E-state index contributed by atoms with van der Waals surface area (Å²) in [5.74, 6) is 0. The van der Waals surface area contributed by atoms with Crippen LogP contribution in [0.15, 0.2) is 12.1 Å². The molecule has 0 unspecified atom stereocenters. The molecule has 0 aliphatic heterocycles. The molecule has 0 amide bonds. The zero-order valence-corrected chi connectivity index (χ0v) is 8.97. The standard InChI is InChI=1S/C13H19N/c1-10-6-7-11(8-9-14)13-5-3-2-4-12(10)13/h6-7H,2-5,8-9,14H2,1H3. The zero-order valence-electron chi connectivity index (χ0n) is 8.97. The first-order chi connectivity index (χ1) is 6.83. The first-order valence-electron chi connectivity index (χ1n) is 5.63. The molecule has 0 spiro atoms. The van der Waals surface area contributed by atoms with Crippen LogP contribution in [0, 0.1) is 6.92 Å². The summed E-state index contributed by atoms with van der Waals surface area (Å²) in [5, 5.41) is 0. The molecule has 1 aromatic rings. The van der Waals surface area contributed by atoms with Crippen molar-refractivity contribution >= 4 is 0 Å². The molecule has 0 aromatic heterocycles. The molecule has 0 atom stereocenters. The molecule has 2 rings (SSSR count). The van der Waals surface area contributed by atoms with E-state index in [1.165, 1.54) is 36.8 Å².